The Bertz CT molecular complexity index is 1350. The molecule has 0 saturated heterocycles. The molecule has 9 heteroatoms. The molecule has 1 amide bonds. The first-order chi connectivity index (χ1) is 15.3. The van der Waals surface area contributed by atoms with E-state index in [1.54, 1.807) is 24.3 Å². The van der Waals surface area contributed by atoms with Gasteiger partial charge in [0.05, 0.1) is 4.90 Å². The molecule has 0 unspecified atom stereocenters. The molecule has 0 bridgehead atoms. The van der Waals surface area contributed by atoms with Gasteiger partial charge in [-0.05, 0) is 42.5 Å². The van der Waals surface area contributed by atoms with Crippen LogP contribution in [0, 0.1) is 0 Å². The molecule has 162 valence electrons. The van der Waals surface area contributed by atoms with E-state index in [2.05, 4.69) is 20.5 Å². The topological polar surface area (TPSA) is 108 Å². The van der Waals surface area contributed by atoms with Crippen LogP contribution in [0.4, 0.5) is 5.69 Å². The molecule has 0 atom stereocenters. The number of sulfonamides is 1. The Hall–Kier alpha value is -3.82. The maximum absolute atomic E-state index is 12.6. The van der Waals surface area contributed by atoms with Crippen LogP contribution in [-0.2, 0) is 10.0 Å². The zero-order chi connectivity index (χ0) is 22.7. The summed E-state index contributed by atoms with van der Waals surface area (Å²) in [6.45, 7) is 0. The van der Waals surface area contributed by atoms with E-state index in [4.69, 9.17) is 0 Å². The summed E-state index contributed by atoms with van der Waals surface area (Å²) in [6, 6.07) is 22.7. The van der Waals surface area contributed by atoms with Crippen LogP contribution in [0.3, 0.4) is 0 Å². The molecule has 0 aliphatic rings. The molecule has 0 saturated carbocycles. The number of nitrogens with zero attached hydrogens (tertiary/aromatic N) is 3. The zero-order valence-electron chi connectivity index (χ0n) is 17.5. The van der Waals surface area contributed by atoms with Crippen LogP contribution in [-0.4, -0.2) is 47.9 Å². The summed E-state index contributed by atoms with van der Waals surface area (Å²) in [7, 11) is -0.732. The fourth-order valence-electron chi connectivity index (χ4n) is 3.03. The van der Waals surface area contributed by atoms with Crippen LogP contribution >= 0.6 is 0 Å². The Labute approximate surface area is 186 Å². The van der Waals surface area contributed by atoms with E-state index in [1.165, 1.54) is 26.2 Å². The number of H-pyrrole nitrogens is 1. The SMILES string of the molecule is CN(C)S(=O)(=O)c1cccc(C(=O)Nc2ccc(-c3nc(-c4ccccc4)n[nH]3)cc2)c1. The van der Waals surface area contributed by atoms with Gasteiger partial charge in [0, 0.05) is 36.5 Å². The van der Waals surface area contributed by atoms with Crippen LogP contribution in [0.15, 0.2) is 83.8 Å². The van der Waals surface area contributed by atoms with Crippen LogP contribution in [0.25, 0.3) is 22.8 Å². The standard InChI is InChI=1S/C23H21N5O3S/c1-28(2)32(30,31)20-10-6-9-18(15-20)23(29)24-19-13-11-17(12-14-19)22-25-21(26-27-22)16-7-4-3-5-8-16/h3-15H,1-2H3,(H,24,29)(H,25,26,27). The quantitative estimate of drug-likeness (QED) is 0.469. The highest BCUT2D eigenvalue weighted by atomic mass is 32.2. The van der Waals surface area contributed by atoms with Crippen molar-refractivity contribution in [2.75, 3.05) is 19.4 Å². The number of aromatic nitrogens is 3. The predicted molar refractivity (Wildman–Crippen MR) is 123 cm³/mol. The molecule has 4 aromatic rings. The minimum absolute atomic E-state index is 0.0602. The maximum Gasteiger partial charge on any atom is 0.255 e. The third-order valence-electron chi connectivity index (χ3n) is 4.81. The van der Waals surface area contributed by atoms with Gasteiger partial charge in [-0.1, -0.05) is 36.4 Å². The highest BCUT2D eigenvalue weighted by molar-refractivity contribution is 7.89. The Morgan fingerprint density at radius 1 is 0.906 bits per heavy atom. The minimum atomic E-state index is -3.62. The van der Waals surface area contributed by atoms with Gasteiger partial charge in [-0.25, -0.2) is 17.7 Å². The van der Waals surface area contributed by atoms with Crippen molar-refractivity contribution in [3.63, 3.8) is 0 Å². The lowest BCUT2D eigenvalue weighted by Gasteiger charge is -2.12. The van der Waals surface area contributed by atoms with Crippen molar-refractivity contribution in [3.8, 4) is 22.8 Å². The molecule has 0 radical (unpaired) electrons. The van der Waals surface area contributed by atoms with E-state index < -0.39 is 15.9 Å². The van der Waals surface area contributed by atoms with Gasteiger partial charge in [0.15, 0.2) is 11.6 Å². The number of rotatable bonds is 6. The molecule has 2 N–H and O–H groups in total. The van der Waals surface area contributed by atoms with Crippen molar-refractivity contribution in [2.24, 2.45) is 0 Å². The molecule has 1 aromatic heterocycles. The van der Waals surface area contributed by atoms with E-state index in [0.717, 1.165) is 15.4 Å². The van der Waals surface area contributed by atoms with E-state index in [9.17, 15) is 13.2 Å². The second-order valence-electron chi connectivity index (χ2n) is 7.22. The fraction of sp³-hybridized carbons (Fsp3) is 0.0870. The molecule has 0 spiro atoms. The highest BCUT2D eigenvalue weighted by Crippen LogP contribution is 2.22. The number of benzene rings is 3. The van der Waals surface area contributed by atoms with Gasteiger partial charge in [-0.15, -0.1) is 0 Å². The minimum Gasteiger partial charge on any atom is -0.322 e. The van der Waals surface area contributed by atoms with Gasteiger partial charge in [-0.2, -0.15) is 5.10 Å². The third kappa shape index (κ3) is 4.43. The molecule has 1 heterocycles. The Morgan fingerprint density at radius 2 is 1.62 bits per heavy atom. The lowest BCUT2D eigenvalue weighted by atomic mass is 10.1. The monoisotopic (exact) mass is 447 g/mol. The van der Waals surface area contributed by atoms with Crippen molar-refractivity contribution in [1.29, 1.82) is 0 Å². The Morgan fingerprint density at radius 3 is 2.31 bits per heavy atom. The fourth-order valence-corrected chi connectivity index (χ4v) is 3.98. The summed E-state index contributed by atoms with van der Waals surface area (Å²) in [5, 5.41) is 9.96. The van der Waals surface area contributed by atoms with E-state index in [1.807, 2.05) is 42.5 Å². The molecule has 0 aliphatic heterocycles. The summed E-state index contributed by atoms with van der Waals surface area (Å²) in [6.07, 6.45) is 0. The number of aromatic amines is 1. The molecule has 4 rings (SSSR count). The lowest BCUT2D eigenvalue weighted by Crippen LogP contribution is -2.22. The second kappa shape index (κ2) is 8.74. The number of anilines is 1. The molecule has 0 fully saturated rings. The van der Waals surface area contributed by atoms with Crippen LogP contribution in [0.2, 0.25) is 0 Å². The van der Waals surface area contributed by atoms with Gasteiger partial charge < -0.3 is 5.32 Å². The highest BCUT2D eigenvalue weighted by Gasteiger charge is 2.19. The Balaban J connectivity index is 1.49. The summed E-state index contributed by atoms with van der Waals surface area (Å²) < 4.78 is 25.7. The average Bonchev–Trinajstić information content (AvgIpc) is 3.30. The second-order valence-corrected chi connectivity index (χ2v) is 9.37. The van der Waals surface area contributed by atoms with Crippen molar-refractivity contribution in [1.82, 2.24) is 19.5 Å². The first-order valence-corrected chi connectivity index (χ1v) is 11.2. The summed E-state index contributed by atoms with van der Waals surface area (Å²) in [5.74, 6) is 0.813. The summed E-state index contributed by atoms with van der Waals surface area (Å²) in [5.41, 5.74) is 2.55. The molecule has 3 aromatic carbocycles. The van der Waals surface area contributed by atoms with Gasteiger partial charge in [0.25, 0.3) is 5.91 Å². The predicted octanol–water partition coefficient (Wildman–Crippen LogP) is 3.64. The summed E-state index contributed by atoms with van der Waals surface area (Å²) in [4.78, 5) is 17.2. The molecular formula is C23H21N5O3S. The molecular weight excluding hydrogens is 426 g/mol. The number of carbonyl (C=O) groups is 1. The first-order valence-electron chi connectivity index (χ1n) is 9.77. The molecule has 0 aliphatic carbocycles. The number of nitrogens with one attached hydrogen (secondary N) is 2. The van der Waals surface area contributed by atoms with Crippen molar-refractivity contribution in [3.05, 3.63) is 84.4 Å². The molecule has 32 heavy (non-hydrogen) atoms. The van der Waals surface area contributed by atoms with Gasteiger partial charge in [0.1, 0.15) is 0 Å². The van der Waals surface area contributed by atoms with Gasteiger partial charge in [-0.3, -0.25) is 9.89 Å². The van der Waals surface area contributed by atoms with E-state index >= 15 is 0 Å². The van der Waals surface area contributed by atoms with E-state index in [-0.39, 0.29) is 10.5 Å². The third-order valence-corrected chi connectivity index (χ3v) is 6.62. The largest absolute Gasteiger partial charge is 0.322 e. The van der Waals surface area contributed by atoms with Crippen LogP contribution in [0.5, 0.6) is 0 Å². The average molecular weight is 448 g/mol. The van der Waals surface area contributed by atoms with Gasteiger partial charge >= 0.3 is 0 Å². The van der Waals surface area contributed by atoms with Crippen molar-refractivity contribution >= 4 is 21.6 Å². The van der Waals surface area contributed by atoms with Crippen LogP contribution in [0.1, 0.15) is 10.4 Å². The smallest absolute Gasteiger partial charge is 0.255 e. The maximum atomic E-state index is 12.6. The van der Waals surface area contributed by atoms with E-state index in [0.29, 0.717) is 17.3 Å². The number of carbonyl (C=O) groups excluding carboxylic acids is 1. The normalized spacial score (nSPS) is 11.5. The lowest BCUT2D eigenvalue weighted by molar-refractivity contribution is 0.102. The number of amides is 1. The van der Waals surface area contributed by atoms with Gasteiger partial charge in [0.2, 0.25) is 10.0 Å². The number of hydrogen-bond donors (Lipinski definition) is 2. The van der Waals surface area contributed by atoms with Crippen molar-refractivity contribution < 1.29 is 13.2 Å². The summed E-state index contributed by atoms with van der Waals surface area (Å²) >= 11 is 0. The number of hydrogen-bond acceptors (Lipinski definition) is 5. The first kappa shape index (κ1) is 21.4. The van der Waals surface area contributed by atoms with Crippen LogP contribution < -0.4 is 5.32 Å². The van der Waals surface area contributed by atoms with Crippen molar-refractivity contribution in [2.45, 2.75) is 4.90 Å². The molecule has 8 nitrogen and oxygen atoms in total. The Kier molecular flexibility index (Phi) is 5.85. The zero-order valence-corrected chi connectivity index (χ0v) is 18.3.